The Morgan fingerprint density at radius 3 is 2.44 bits per heavy atom. The Balaban J connectivity index is 1.65. The summed E-state index contributed by atoms with van der Waals surface area (Å²) in [6.45, 7) is 2.12. The minimum atomic E-state index is -0.499. The quantitative estimate of drug-likeness (QED) is 0.406. The zero-order valence-electron chi connectivity index (χ0n) is 18.7. The maximum atomic E-state index is 13.4. The van der Waals surface area contributed by atoms with Crippen LogP contribution < -0.4 is 16.2 Å². The van der Waals surface area contributed by atoms with Crippen LogP contribution in [0.1, 0.15) is 17.3 Å². The van der Waals surface area contributed by atoms with Crippen LogP contribution in [0.2, 0.25) is 0 Å². The van der Waals surface area contributed by atoms with Crippen molar-refractivity contribution in [2.45, 2.75) is 13.5 Å². The first-order valence-electron chi connectivity index (χ1n) is 10.6. The number of nitrogens with zero attached hydrogens (tertiary/aromatic N) is 3. The van der Waals surface area contributed by atoms with Gasteiger partial charge in [-0.15, -0.1) is 0 Å². The first-order chi connectivity index (χ1) is 16.5. The minimum absolute atomic E-state index is 0.0954. The van der Waals surface area contributed by atoms with E-state index in [1.807, 2.05) is 0 Å². The third-order valence-electron chi connectivity index (χ3n) is 5.20. The number of anilines is 2. The Hall–Kier alpha value is -4.37. The van der Waals surface area contributed by atoms with Gasteiger partial charge in [-0.25, -0.2) is 9.78 Å². The standard InChI is InChI=1S/C25H23N5O4/c1-16(31)18-4-3-5-19(14-18)27-25(33)28-20-6-7-22-21(15-20)24(32)30(12-13-34-2)23(29-22)17-8-10-26-11-9-17/h3-11,14-15H,12-13H2,1-2H3,(H2,27,28,33). The maximum absolute atomic E-state index is 13.4. The Bertz CT molecular complexity index is 1420. The lowest BCUT2D eigenvalue weighted by Crippen LogP contribution is -2.26. The van der Waals surface area contributed by atoms with Crippen LogP contribution in [0.25, 0.3) is 22.3 Å². The van der Waals surface area contributed by atoms with Crippen molar-refractivity contribution in [3.05, 3.63) is 82.9 Å². The number of nitrogens with one attached hydrogen (secondary N) is 2. The Morgan fingerprint density at radius 2 is 1.74 bits per heavy atom. The van der Waals surface area contributed by atoms with E-state index in [1.165, 1.54) is 6.92 Å². The normalized spacial score (nSPS) is 10.8. The summed E-state index contributed by atoms with van der Waals surface area (Å²) in [6.07, 6.45) is 3.29. The van der Waals surface area contributed by atoms with Crippen LogP contribution >= 0.6 is 0 Å². The van der Waals surface area contributed by atoms with Crippen molar-refractivity contribution < 1.29 is 14.3 Å². The van der Waals surface area contributed by atoms with Gasteiger partial charge in [-0.1, -0.05) is 12.1 Å². The summed E-state index contributed by atoms with van der Waals surface area (Å²) in [6, 6.07) is 14.7. The van der Waals surface area contributed by atoms with Crippen LogP contribution in [0.3, 0.4) is 0 Å². The second kappa shape index (κ2) is 10.1. The number of carbonyl (C=O) groups excluding carboxylic acids is 2. The van der Waals surface area contributed by atoms with Crippen molar-refractivity contribution in [2.75, 3.05) is 24.4 Å². The molecule has 9 heteroatoms. The number of benzene rings is 2. The van der Waals surface area contributed by atoms with E-state index in [2.05, 4.69) is 15.6 Å². The van der Waals surface area contributed by atoms with E-state index in [-0.39, 0.29) is 11.3 Å². The highest BCUT2D eigenvalue weighted by Crippen LogP contribution is 2.21. The number of hydrogen-bond acceptors (Lipinski definition) is 6. The lowest BCUT2D eigenvalue weighted by atomic mass is 10.1. The third kappa shape index (κ3) is 5.00. The molecule has 2 amide bonds. The zero-order chi connectivity index (χ0) is 24.1. The van der Waals surface area contributed by atoms with E-state index < -0.39 is 6.03 Å². The molecule has 34 heavy (non-hydrogen) atoms. The van der Waals surface area contributed by atoms with Gasteiger partial charge in [0.2, 0.25) is 0 Å². The van der Waals surface area contributed by atoms with E-state index in [1.54, 1.807) is 78.7 Å². The molecule has 2 heterocycles. The molecular weight excluding hydrogens is 434 g/mol. The van der Waals surface area contributed by atoms with Gasteiger partial charge < -0.3 is 15.4 Å². The van der Waals surface area contributed by atoms with E-state index in [9.17, 15) is 14.4 Å². The molecular formula is C25H23N5O4. The van der Waals surface area contributed by atoms with E-state index in [0.717, 1.165) is 5.56 Å². The van der Waals surface area contributed by atoms with Gasteiger partial charge in [-0.05, 0) is 49.4 Å². The maximum Gasteiger partial charge on any atom is 0.323 e. The Morgan fingerprint density at radius 1 is 1.00 bits per heavy atom. The lowest BCUT2D eigenvalue weighted by Gasteiger charge is -2.14. The van der Waals surface area contributed by atoms with Crippen molar-refractivity contribution in [3.63, 3.8) is 0 Å². The SMILES string of the molecule is COCCn1c(-c2ccncc2)nc2ccc(NC(=O)Nc3cccc(C(C)=O)c3)cc2c1=O. The predicted octanol–water partition coefficient (Wildman–Crippen LogP) is 3.95. The summed E-state index contributed by atoms with van der Waals surface area (Å²) in [5.41, 5.74) is 2.44. The molecule has 4 aromatic rings. The van der Waals surface area contributed by atoms with Gasteiger partial charge >= 0.3 is 6.03 Å². The summed E-state index contributed by atoms with van der Waals surface area (Å²) in [5.74, 6) is 0.419. The summed E-state index contributed by atoms with van der Waals surface area (Å²) in [7, 11) is 1.57. The smallest absolute Gasteiger partial charge is 0.323 e. The van der Waals surface area contributed by atoms with Gasteiger partial charge in [-0.3, -0.25) is 19.1 Å². The number of fused-ring (bicyclic) bond motifs is 1. The average Bonchev–Trinajstić information content (AvgIpc) is 2.84. The summed E-state index contributed by atoms with van der Waals surface area (Å²) in [4.78, 5) is 46.1. The van der Waals surface area contributed by atoms with Crippen molar-refractivity contribution in [2.24, 2.45) is 0 Å². The second-order valence-electron chi connectivity index (χ2n) is 7.57. The molecule has 0 unspecified atom stereocenters. The molecule has 4 rings (SSSR count). The van der Waals surface area contributed by atoms with Crippen LogP contribution in [-0.2, 0) is 11.3 Å². The molecule has 0 spiro atoms. The summed E-state index contributed by atoms with van der Waals surface area (Å²) >= 11 is 0. The molecule has 9 nitrogen and oxygen atoms in total. The number of methoxy groups -OCH3 is 1. The molecule has 0 radical (unpaired) electrons. The first-order valence-corrected chi connectivity index (χ1v) is 10.6. The van der Waals surface area contributed by atoms with Crippen molar-refractivity contribution in [3.8, 4) is 11.4 Å². The largest absolute Gasteiger partial charge is 0.383 e. The van der Waals surface area contributed by atoms with Crippen LogP contribution in [0.15, 0.2) is 71.8 Å². The van der Waals surface area contributed by atoms with Gasteiger partial charge in [0.15, 0.2) is 5.78 Å². The molecule has 0 atom stereocenters. The Labute approximate surface area is 195 Å². The molecule has 2 aromatic carbocycles. The van der Waals surface area contributed by atoms with Gasteiger partial charge in [0.25, 0.3) is 5.56 Å². The highest BCUT2D eigenvalue weighted by molar-refractivity contribution is 6.02. The fourth-order valence-electron chi connectivity index (χ4n) is 3.52. The molecule has 0 fully saturated rings. The number of urea groups is 1. The summed E-state index contributed by atoms with van der Waals surface area (Å²) in [5, 5.41) is 5.78. The van der Waals surface area contributed by atoms with Crippen molar-refractivity contribution >= 4 is 34.1 Å². The van der Waals surface area contributed by atoms with E-state index in [0.29, 0.717) is 46.8 Å². The topological polar surface area (TPSA) is 115 Å². The molecule has 172 valence electrons. The highest BCUT2D eigenvalue weighted by atomic mass is 16.5. The zero-order valence-corrected chi connectivity index (χ0v) is 18.7. The fraction of sp³-hybridized carbons (Fsp3) is 0.160. The number of ether oxygens (including phenoxy) is 1. The number of aromatic nitrogens is 3. The molecule has 0 aliphatic heterocycles. The average molecular weight is 457 g/mol. The lowest BCUT2D eigenvalue weighted by molar-refractivity contribution is 0.101. The van der Waals surface area contributed by atoms with Crippen molar-refractivity contribution in [1.82, 2.24) is 14.5 Å². The number of Topliss-reactive ketones (excluding diaryl/α,β-unsaturated/α-hetero) is 1. The highest BCUT2D eigenvalue weighted by Gasteiger charge is 2.14. The second-order valence-corrected chi connectivity index (χ2v) is 7.57. The van der Waals surface area contributed by atoms with Crippen LogP contribution in [0, 0.1) is 0 Å². The van der Waals surface area contributed by atoms with Gasteiger partial charge in [0.05, 0.1) is 24.1 Å². The molecule has 2 aromatic heterocycles. The Kier molecular flexibility index (Phi) is 6.74. The van der Waals surface area contributed by atoms with Crippen LogP contribution in [0.4, 0.5) is 16.2 Å². The molecule has 0 aliphatic carbocycles. The van der Waals surface area contributed by atoms with Crippen LogP contribution in [-0.4, -0.2) is 40.1 Å². The number of amides is 2. The van der Waals surface area contributed by atoms with E-state index in [4.69, 9.17) is 9.72 Å². The van der Waals surface area contributed by atoms with Gasteiger partial charge in [-0.2, -0.15) is 0 Å². The summed E-state index contributed by atoms with van der Waals surface area (Å²) < 4.78 is 6.73. The molecule has 0 saturated heterocycles. The van der Waals surface area contributed by atoms with E-state index >= 15 is 0 Å². The molecule has 2 N–H and O–H groups in total. The molecule has 0 saturated carbocycles. The van der Waals surface area contributed by atoms with Gasteiger partial charge in [0.1, 0.15) is 5.82 Å². The number of ketones is 1. The monoisotopic (exact) mass is 457 g/mol. The predicted molar refractivity (Wildman–Crippen MR) is 130 cm³/mol. The minimum Gasteiger partial charge on any atom is -0.383 e. The number of carbonyl (C=O) groups is 2. The molecule has 0 aliphatic rings. The van der Waals surface area contributed by atoms with Crippen LogP contribution in [0.5, 0.6) is 0 Å². The number of rotatable bonds is 7. The fourth-order valence-corrected chi connectivity index (χ4v) is 3.52. The first kappa shape index (κ1) is 22.8. The number of pyridine rings is 1. The number of hydrogen-bond donors (Lipinski definition) is 2. The molecule has 0 bridgehead atoms. The van der Waals surface area contributed by atoms with Gasteiger partial charge in [0, 0.05) is 42.0 Å². The third-order valence-corrected chi connectivity index (χ3v) is 5.20. The van der Waals surface area contributed by atoms with Crippen molar-refractivity contribution in [1.29, 1.82) is 0 Å².